The first kappa shape index (κ1) is 27.9. The van der Waals surface area contributed by atoms with Crippen LogP contribution in [-0.4, -0.2) is 37.2 Å². The highest BCUT2D eigenvalue weighted by atomic mass is 35.5. The first-order valence-electron chi connectivity index (χ1n) is 11.9. The first-order chi connectivity index (χ1) is 17.5. The van der Waals surface area contributed by atoms with Gasteiger partial charge in [0, 0.05) is 34.3 Å². The Morgan fingerprint density at radius 1 is 1.00 bits per heavy atom. The summed E-state index contributed by atoms with van der Waals surface area (Å²) in [6, 6.07) is 12.4. The Hall–Kier alpha value is -2.14. The molecule has 0 aliphatic heterocycles. The Morgan fingerprint density at radius 2 is 1.59 bits per heavy atom. The number of aromatic nitrogens is 2. The molecule has 1 aromatic heterocycles. The minimum atomic E-state index is -3.68. The summed E-state index contributed by atoms with van der Waals surface area (Å²) in [4.78, 5) is 13.3. The van der Waals surface area contributed by atoms with E-state index in [1.54, 1.807) is 35.0 Å². The standard InChI is InChI=1S/C25H28Cl3N5O3S/c1-15-23(25(34)30-13-16-2-4-17(5-3-16)14-31-37(29,35)36)32-33(22-11-10-20(27)12-21(22)28)24(15)18-6-8-19(26)9-7-18/h6-12,16-17,31H,2-5,13-14H2,1H3,(H,30,34)(H2,29,35,36). The summed E-state index contributed by atoms with van der Waals surface area (Å²) in [5.41, 5.74) is 3.19. The first-order valence-corrected chi connectivity index (χ1v) is 14.6. The van der Waals surface area contributed by atoms with Crippen LogP contribution in [0.4, 0.5) is 0 Å². The van der Waals surface area contributed by atoms with E-state index in [0.29, 0.717) is 51.0 Å². The summed E-state index contributed by atoms with van der Waals surface area (Å²) in [5.74, 6) is 0.280. The lowest BCUT2D eigenvalue weighted by atomic mass is 9.82. The van der Waals surface area contributed by atoms with Gasteiger partial charge in [-0.15, -0.1) is 0 Å². The third-order valence-corrected chi connectivity index (χ3v) is 8.04. The van der Waals surface area contributed by atoms with E-state index < -0.39 is 10.2 Å². The predicted octanol–water partition coefficient (Wildman–Crippen LogP) is 5.14. The molecule has 0 unspecified atom stereocenters. The zero-order chi connectivity index (χ0) is 26.7. The number of rotatable bonds is 8. The minimum absolute atomic E-state index is 0.245. The van der Waals surface area contributed by atoms with Crippen molar-refractivity contribution in [2.24, 2.45) is 17.0 Å². The number of carbonyl (C=O) groups is 1. The second-order valence-electron chi connectivity index (χ2n) is 9.33. The maximum atomic E-state index is 13.3. The molecule has 0 bridgehead atoms. The summed E-state index contributed by atoms with van der Waals surface area (Å²) < 4.78 is 26.3. The molecule has 4 rings (SSSR count). The van der Waals surface area contributed by atoms with E-state index in [-0.39, 0.29) is 11.8 Å². The van der Waals surface area contributed by atoms with Gasteiger partial charge >= 0.3 is 0 Å². The fraction of sp³-hybridized carbons (Fsp3) is 0.360. The van der Waals surface area contributed by atoms with Crippen LogP contribution in [0.25, 0.3) is 16.9 Å². The summed E-state index contributed by atoms with van der Waals surface area (Å²) in [7, 11) is -3.68. The average Bonchev–Trinajstić information content (AvgIpc) is 3.18. The van der Waals surface area contributed by atoms with Crippen LogP contribution in [0.1, 0.15) is 41.7 Å². The number of benzene rings is 2. The number of carbonyl (C=O) groups excluding carboxylic acids is 1. The van der Waals surface area contributed by atoms with Gasteiger partial charge in [-0.2, -0.15) is 13.5 Å². The Labute approximate surface area is 231 Å². The number of amides is 1. The van der Waals surface area contributed by atoms with Crippen molar-refractivity contribution >= 4 is 50.9 Å². The van der Waals surface area contributed by atoms with E-state index in [0.717, 1.165) is 36.9 Å². The second kappa shape index (κ2) is 11.7. The highest BCUT2D eigenvalue weighted by Crippen LogP contribution is 2.33. The Morgan fingerprint density at radius 3 is 2.19 bits per heavy atom. The van der Waals surface area contributed by atoms with Gasteiger partial charge in [0.2, 0.25) is 0 Å². The smallest absolute Gasteiger partial charge is 0.274 e. The number of halogens is 3. The van der Waals surface area contributed by atoms with Crippen molar-refractivity contribution in [3.05, 3.63) is 68.8 Å². The molecule has 1 heterocycles. The van der Waals surface area contributed by atoms with Gasteiger partial charge in [0.25, 0.3) is 16.1 Å². The van der Waals surface area contributed by atoms with Gasteiger partial charge in [0.15, 0.2) is 5.69 Å². The number of nitrogens with two attached hydrogens (primary N) is 1. The van der Waals surface area contributed by atoms with Gasteiger partial charge in [0.05, 0.1) is 16.4 Å². The Bertz CT molecular complexity index is 1390. The highest BCUT2D eigenvalue weighted by molar-refractivity contribution is 7.87. The lowest BCUT2D eigenvalue weighted by Crippen LogP contribution is -2.37. The van der Waals surface area contributed by atoms with Crippen molar-refractivity contribution in [1.29, 1.82) is 0 Å². The van der Waals surface area contributed by atoms with Crippen LogP contribution in [0.5, 0.6) is 0 Å². The topological polar surface area (TPSA) is 119 Å². The molecule has 8 nitrogen and oxygen atoms in total. The van der Waals surface area contributed by atoms with Crippen molar-refractivity contribution in [3.8, 4) is 16.9 Å². The van der Waals surface area contributed by atoms with Gasteiger partial charge < -0.3 is 5.32 Å². The molecule has 12 heteroatoms. The molecule has 0 spiro atoms. The molecule has 37 heavy (non-hydrogen) atoms. The summed E-state index contributed by atoms with van der Waals surface area (Å²) >= 11 is 18.7. The number of hydrogen-bond acceptors (Lipinski definition) is 4. The maximum Gasteiger partial charge on any atom is 0.274 e. The summed E-state index contributed by atoms with van der Waals surface area (Å²) in [6.45, 7) is 2.71. The molecule has 1 aliphatic carbocycles. The van der Waals surface area contributed by atoms with Crippen molar-refractivity contribution in [2.45, 2.75) is 32.6 Å². The normalized spacial score (nSPS) is 18.1. The van der Waals surface area contributed by atoms with E-state index in [1.165, 1.54) is 0 Å². The van der Waals surface area contributed by atoms with Crippen molar-refractivity contribution in [3.63, 3.8) is 0 Å². The molecule has 0 saturated heterocycles. The van der Waals surface area contributed by atoms with Crippen LogP contribution in [-0.2, 0) is 10.2 Å². The van der Waals surface area contributed by atoms with Gasteiger partial charge in [-0.3, -0.25) is 4.79 Å². The fourth-order valence-corrected chi connectivity index (χ4v) is 5.76. The third-order valence-electron chi connectivity index (χ3n) is 6.68. The molecule has 1 fully saturated rings. The van der Waals surface area contributed by atoms with E-state index in [9.17, 15) is 13.2 Å². The van der Waals surface area contributed by atoms with Gasteiger partial charge in [0.1, 0.15) is 0 Å². The monoisotopic (exact) mass is 583 g/mol. The van der Waals surface area contributed by atoms with Crippen LogP contribution < -0.4 is 15.2 Å². The molecule has 1 saturated carbocycles. The molecule has 0 radical (unpaired) electrons. The van der Waals surface area contributed by atoms with Crippen LogP contribution in [0.15, 0.2) is 42.5 Å². The van der Waals surface area contributed by atoms with E-state index in [4.69, 9.17) is 39.9 Å². The van der Waals surface area contributed by atoms with E-state index in [2.05, 4.69) is 15.1 Å². The number of nitrogens with one attached hydrogen (secondary N) is 2. The predicted molar refractivity (Wildman–Crippen MR) is 148 cm³/mol. The van der Waals surface area contributed by atoms with Crippen LogP contribution in [0, 0.1) is 18.8 Å². The summed E-state index contributed by atoms with van der Waals surface area (Å²) in [6.07, 6.45) is 3.52. The lowest BCUT2D eigenvalue weighted by molar-refractivity contribution is 0.0935. The second-order valence-corrected chi connectivity index (χ2v) is 12.0. The van der Waals surface area contributed by atoms with Crippen molar-refractivity contribution in [1.82, 2.24) is 19.8 Å². The molecule has 1 aliphatic rings. The molecular weight excluding hydrogens is 557 g/mol. The van der Waals surface area contributed by atoms with Gasteiger partial charge in [-0.05, 0) is 74.8 Å². The molecular formula is C25H28Cl3N5O3S. The van der Waals surface area contributed by atoms with Crippen LogP contribution >= 0.6 is 34.8 Å². The largest absolute Gasteiger partial charge is 0.350 e. The Balaban J connectivity index is 1.51. The highest BCUT2D eigenvalue weighted by Gasteiger charge is 2.26. The van der Waals surface area contributed by atoms with E-state index in [1.807, 2.05) is 19.1 Å². The number of nitrogens with zero attached hydrogens (tertiary/aromatic N) is 2. The van der Waals surface area contributed by atoms with Crippen molar-refractivity contribution in [2.75, 3.05) is 13.1 Å². The SMILES string of the molecule is Cc1c(C(=O)NCC2CCC(CNS(N)(=O)=O)CC2)nn(-c2ccc(Cl)cc2Cl)c1-c1ccc(Cl)cc1. The molecule has 4 N–H and O–H groups in total. The molecule has 0 atom stereocenters. The average molecular weight is 585 g/mol. The van der Waals surface area contributed by atoms with Crippen molar-refractivity contribution < 1.29 is 13.2 Å². The Kier molecular flexibility index (Phi) is 8.83. The van der Waals surface area contributed by atoms with E-state index >= 15 is 0 Å². The number of hydrogen-bond donors (Lipinski definition) is 3. The lowest BCUT2D eigenvalue weighted by Gasteiger charge is -2.28. The third kappa shape index (κ3) is 7.04. The zero-order valence-electron chi connectivity index (χ0n) is 20.2. The van der Waals surface area contributed by atoms with Gasteiger partial charge in [-0.1, -0.05) is 46.9 Å². The maximum absolute atomic E-state index is 13.3. The van der Waals surface area contributed by atoms with Crippen LogP contribution in [0.3, 0.4) is 0 Å². The molecule has 2 aromatic carbocycles. The fourth-order valence-electron chi connectivity index (χ4n) is 4.68. The quantitative estimate of drug-likeness (QED) is 0.340. The van der Waals surface area contributed by atoms with Gasteiger partial charge in [-0.25, -0.2) is 14.5 Å². The molecule has 3 aromatic rings. The van der Waals surface area contributed by atoms with Crippen LogP contribution in [0.2, 0.25) is 15.1 Å². The zero-order valence-corrected chi connectivity index (χ0v) is 23.3. The molecule has 198 valence electrons. The summed E-state index contributed by atoms with van der Waals surface area (Å²) in [5, 5.41) is 14.2. The minimum Gasteiger partial charge on any atom is -0.350 e. The molecule has 1 amide bonds.